The summed E-state index contributed by atoms with van der Waals surface area (Å²) in [6, 6.07) is 4.37. The summed E-state index contributed by atoms with van der Waals surface area (Å²) in [7, 11) is 4.13. The largest absolute Gasteiger partial charge is 0.375 e. The predicted molar refractivity (Wildman–Crippen MR) is 79.1 cm³/mol. The van der Waals surface area contributed by atoms with Crippen molar-refractivity contribution in [2.24, 2.45) is 5.92 Å². The topological polar surface area (TPSA) is 24.5 Å². The van der Waals surface area contributed by atoms with E-state index >= 15 is 0 Å². The first-order valence-corrected chi connectivity index (χ1v) is 7.40. The highest BCUT2D eigenvalue weighted by molar-refractivity contribution is 7.11. The van der Waals surface area contributed by atoms with E-state index in [0.29, 0.717) is 5.92 Å². The molecule has 1 aromatic heterocycles. The third-order valence-electron chi connectivity index (χ3n) is 2.50. The van der Waals surface area contributed by atoms with E-state index in [1.165, 1.54) is 9.75 Å². The van der Waals surface area contributed by atoms with Crippen molar-refractivity contribution >= 4 is 11.3 Å². The molecule has 18 heavy (non-hydrogen) atoms. The zero-order valence-corrected chi connectivity index (χ0v) is 12.8. The van der Waals surface area contributed by atoms with Crippen LogP contribution in [0.15, 0.2) is 12.1 Å². The van der Waals surface area contributed by atoms with E-state index < -0.39 is 0 Å². The molecule has 0 spiro atoms. The van der Waals surface area contributed by atoms with Crippen LogP contribution in [-0.4, -0.2) is 38.7 Å². The number of likely N-dealkylation sites (N-methyl/N-ethyl adjacent to an activating group) is 1. The van der Waals surface area contributed by atoms with Crippen LogP contribution in [-0.2, 0) is 17.9 Å². The van der Waals surface area contributed by atoms with Crippen LogP contribution in [0.2, 0.25) is 0 Å². The van der Waals surface area contributed by atoms with Crippen LogP contribution in [0.5, 0.6) is 0 Å². The van der Waals surface area contributed by atoms with E-state index in [1.54, 1.807) is 0 Å². The molecule has 1 N–H and O–H groups in total. The predicted octanol–water partition coefficient (Wildman–Crippen LogP) is 2.57. The molecular formula is C14H26N2OS. The summed E-state index contributed by atoms with van der Waals surface area (Å²) in [4.78, 5) is 4.84. The fourth-order valence-electron chi connectivity index (χ4n) is 1.50. The molecular weight excluding hydrogens is 244 g/mol. The lowest BCUT2D eigenvalue weighted by atomic mass is 10.2. The summed E-state index contributed by atoms with van der Waals surface area (Å²) in [5, 5.41) is 3.46. The van der Waals surface area contributed by atoms with E-state index in [1.807, 2.05) is 11.3 Å². The SMILES string of the molecule is CC(C)CNCc1ccc(COCCN(C)C)s1. The molecule has 0 unspecified atom stereocenters. The number of ether oxygens (including phenoxy) is 1. The maximum absolute atomic E-state index is 5.63. The van der Waals surface area contributed by atoms with Gasteiger partial charge < -0.3 is 15.0 Å². The number of thiophene rings is 1. The summed E-state index contributed by atoms with van der Waals surface area (Å²) in [5.41, 5.74) is 0. The molecule has 1 heterocycles. The number of rotatable bonds is 9. The Labute approximate surface area is 115 Å². The average Bonchev–Trinajstić information content (AvgIpc) is 2.72. The number of nitrogens with zero attached hydrogens (tertiary/aromatic N) is 1. The molecule has 0 aliphatic rings. The summed E-state index contributed by atoms with van der Waals surface area (Å²) in [6.07, 6.45) is 0. The lowest BCUT2D eigenvalue weighted by molar-refractivity contribution is 0.107. The third-order valence-corrected chi connectivity index (χ3v) is 3.56. The summed E-state index contributed by atoms with van der Waals surface area (Å²) in [5.74, 6) is 0.707. The van der Waals surface area contributed by atoms with Gasteiger partial charge in [0.2, 0.25) is 0 Å². The Morgan fingerprint density at radius 3 is 2.67 bits per heavy atom. The standard InChI is InChI=1S/C14H26N2OS/c1-12(2)9-15-10-13-5-6-14(18-13)11-17-8-7-16(3)4/h5-6,12,15H,7-11H2,1-4H3. The van der Waals surface area contributed by atoms with Crippen molar-refractivity contribution in [3.8, 4) is 0 Å². The summed E-state index contributed by atoms with van der Waals surface area (Å²) < 4.78 is 5.63. The average molecular weight is 270 g/mol. The molecule has 0 aliphatic carbocycles. The van der Waals surface area contributed by atoms with Crippen molar-refractivity contribution in [2.75, 3.05) is 33.8 Å². The monoisotopic (exact) mass is 270 g/mol. The van der Waals surface area contributed by atoms with E-state index in [0.717, 1.165) is 32.8 Å². The maximum atomic E-state index is 5.63. The maximum Gasteiger partial charge on any atom is 0.0810 e. The fraction of sp³-hybridized carbons (Fsp3) is 0.714. The van der Waals surface area contributed by atoms with Crippen LogP contribution in [0.1, 0.15) is 23.6 Å². The first-order valence-electron chi connectivity index (χ1n) is 6.58. The van der Waals surface area contributed by atoms with Gasteiger partial charge in [-0.25, -0.2) is 0 Å². The molecule has 0 fully saturated rings. The van der Waals surface area contributed by atoms with Gasteiger partial charge in [-0.1, -0.05) is 13.8 Å². The second kappa shape index (κ2) is 8.64. The molecule has 0 aliphatic heterocycles. The van der Waals surface area contributed by atoms with Crippen LogP contribution in [0.4, 0.5) is 0 Å². The molecule has 4 heteroatoms. The molecule has 0 saturated carbocycles. The molecule has 104 valence electrons. The van der Waals surface area contributed by atoms with Crippen LogP contribution >= 0.6 is 11.3 Å². The fourth-order valence-corrected chi connectivity index (χ4v) is 2.42. The van der Waals surface area contributed by atoms with Gasteiger partial charge in [-0.15, -0.1) is 11.3 Å². The lowest BCUT2D eigenvalue weighted by Crippen LogP contribution is -2.18. The van der Waals surface area contributed by atoms with Crippen molar-refractivity contribution in [3.63, 3.8) is 0 Å². The van der Waals surface area contributed by atoms with Gasteiger partial charge in [-0.05, 0) is 38.7 Å². The van der Waals surface area contributed by atoms with Crippen LogP contribution < -0.4 is 5.32 Å². The van der Waals surface area contributed by atoms with E-state index in [2.05, 4.69) is 50.3 Å². The molecule has 0 aromatic carbocycles. The molecule has 1 rings (SSSR count). The highest BCUT2D eigenvalue weighted by atomic mass is 32.1. The molecule has 3 nitrogen and oxygen atoms in total. The Hall–Kier alpha value is -0.420. The molecule has 0 radical (unpaired) electrons. The van der Waals surface area contributed by atoms with Gasteiger partial charge in [-0.2, -0.15) is 0 Å². The Balaban J connectivity index is 2.17. The molecule has 0 amide bonds. The molecule has 0 bridgehead atoms. The van der Waals surface area contributed by atoms with Crippen LogP contribution in [0.25, 0.3) is 0 Å². The Morgan fingerprint density at radius 1 is 1.28 bits per heavy atom. The van der Waals surface area contributed by atoms with Crippen molar-refractivity contribution in [3.05, 3.63) is 21.9 Å². The third kappa shape index (κ3) is 7.11. The first kappa shape index (κ1) is 15.6. The van der Waals surface area contributed by atoms with Crippen molar-refractivity contribution in [2.45, 2.75) is 27.0 Å². The van der Waals surface area contributed by atoms with E-state index in [9.17, 15) is 0 Å². The van der Waals surface area contributed by atoms with Crippen molar-refractivity contribution in [1.29, 1.82) is 0 Å². The van der Waals surface area contributed by atoms with Crippen LogP contribution in [0.3, 0.4) is 0 Å². The van der Waals surface area contributed by atoms with Crippen molar-refractivity contribution < 1.29 is 4.74 Å². The molecule has 0 saturated heterocycles. The van der Waals surface area contributed by atoms with Gasteiger partial charge >= 0.3 is 0 Å². The first-order chi connectivity index (χ1) is 8.58. The smallest absolute Gasteiger partial charge is 0.0810 e. The van der Waals surface area contributed by atoms with Gasteiger partial charge in [0, 0.05) is 22.8 Å². The quantitative estimate of drug-likeness (QED) is 0.698. The molecule has 0 atom stereocenters. The Bertz CT molecular complexity index is 323. The Kier molecular flexibility index (Phi) is 7.51. The zero-order chi connectivity index (χ0) is 13.4. The van der Waals surface area contributed by atoms with E-state index in [4.69, 9.17) is 4.74 Å². The minimum atomic E-state index is 0.707. The van der Waals surface area contributed by atoms with Gasteiger partial charge in [0.05, 0.1) is 13.2 Å². The Morgan fingerprint density at radius 2 is 2.00 bits per heavy atom. The zero-order valence-electron chi connectivity index (χ0n) is 12.0. The lowest BCUT2D eigenvalue weighted by Gasteiger charge is -2.08. The van der Waals surface area contributed by atoms with Gasteiger partial charge in [0.25, 0.3) is 0 Å². The summed E-state index contributed by atoms with van der Waals surface area (Å²) >= 11 is 1.84. The van der Waals surface area contributed by atoms with Gasteiger partial charge in [0.1, 0.15) is 0 Å². The number of hydrogen-bond donors (Lipinski definition) is 1. The molecule has 1 aromatic rings. The second-order valence-corrected chi connectivity index (χ2v) is 6.50. The van der Waals surface area contributed by atoms with Crippen LogP contribution in [0, 0.1) is 5.92 Å². The highest BCUT2D eigenvalue weighted by Gasteiger charge is 2.01. The van der Waals surface area contributed by atoms with E-state index in [-0.39, 0.29) is 0 Å². The number of nitrogens with one attached hydrogen (secondary N) is 1. The minimum Gasteiger partial charge on any atom is -0.375 e. The normalized spacial score (nSPS) is 11.7. The second-order valence-electron chi connectivity index (χ2n) is 5.25. The minimum absolute atomic E-state index is 0.707. The van der Waals surface area contributed by atoms with Crippen molar-refractivity contribution in [1.82, 2.24) is 10.2 Å². The number of hydrogen-bond acceptors (Lipinski definition) is 4. The van der Waals surface area contributed by atoms with Gasteiger partial charge in [-0.3, -0.25) is 0 Å². The highest BCUT2D eigenvalue weighted by Crippen LogP contribution is 2.17. The summed E-state index contributed by atoms with van der Waals surface area (Å²) in [6.45, 7) is 9.02. The van der Waals surface area contributed by atoms with Gasteiger partial charge in [0.15, 0.2) is 0 Å².